The molecule has 2 fully saturated rings. The third-order valence-corrected chi connectivity index (χ3v) is 5.72. The molecular weight excluding hydrogens is 354 g/mol. The minimum atomic E-state index is 0.205. The summed E-state index contributed by atoms with van der Waals surface area (Å²) in [4.78, 5) is 24.0. The number of anilines is 1. The molecule has 0 radical (unpaired) electrons. The van der Waals surface area contributed by atoms with Crippen molar-refractivity contribution in [3.05, 3.63) is 22.8 Å². The van der Waals surface area contributed by atoms with E-state index >= 15 is 0 Å². The van der Waals surface area contributed by atoms with Crippen LogP contribution in [-0.4, -0.2) is 45.1 Å². The van der Waals surface area contributed by atoms with Gasteiger partial charge in [-0.1, -0.05) is 19.0 Å². The highest BCUT2D eigenvalue weighted by atomic mass is 16.5. The van der Waals surface area contributed by atoms with E-state index in [0.29, 0.717) is 5.91 Å². The molecule has 7 nitrogen and oxygen atoms in total. The third kappa shape index (κ3) is 3.50. The normalized spacial score (nSPS) is 19.5. The summed E-state index contributed by atoms with van der Waals surface area (Å²) in [6.07, 6.45) is 3.05. The fraction of sp³-hybridized carbons (Fsp3) is 0.619. The SMILES string of the molecule is Cc1noc(C)c1-c1nc(C(C)C)nc(NC2CCN(C(=O)C3CC3)C2)c1C. The Labute approximate surface area is 165 Å². The van der Waals surface area contributed by atoms with Crippen LogP contribution >= 0.6 is 0 Å². The lowest BCUT2D eigenvalue weighted by Gasteiger charge is -2.20. The molecule has 1 unspecified atom stereocenters. The van der Waals surface area contributed by atoms with Gasteiger partial charge in [0, 0.05) is 36.5 Å². The van der Waals surface area contributed by atoms with Gasteiger partial charge in [0.2, 0.25) is 5.91 Å². The predicted octanol–water partition coefficient (Wildman–Crippen LogP) is 3.60. The van der Waals surface area contributed by atoms with Crippen molar-refractivity contribution in [3.8, 4) is 11.3 Å². The maximum Gasteiger partial charge on any atom is 0.225 e. The number of nitrogens with one attached hydrogen (secondary N) is 1. The van der Waals surface area contributed by atoms with Crippen molar-refractivity contribution in [2.75, 3.05) is 18.4 Å². The lowest BCUT2D eigenvalue weighted by Crippen LogP contribution is -2.32. The number of amides is 1. The summed E-state index contributed by atoms with van der Waals surface area (Å²) in [5.74, 6) is 3.21. The van der Waals surface area contributed by atoms with E-state index in [1.807, 2.05) is 25.7 Å². The quantitative estimate of drug-likeness (QED) is 0.849. The van der Waals surface area contributed by atoms with Crippen LogP contribution in [-0.2, 0) is 4.79 Å². The van der Waals surface area contributed by atoms with E-state index < -0.39 is 0 Å². The van der Waals surface area contributed by atoms with Crippen molar-refractivity contribution in [1.29, 1.82) is 0 Å². The van der Waals surface area contributed by atoms with Gasteiger partial charge in [-0.15, -0.1) is 0 Å². The Morgan fingerprint density at radius 3 is 2.54 bits per heavy atom. The van der Waals surface area contributed by atoms with Crippen LogP contribution in [0, 0.1) is 26.7 Å². The Morgan fingerprint density at radius 2 is 1.93 bits per heavy atom. The largest absolute Gasteiger partial charge is 0.365 e. The van der Waals surface area contributed by atoms with E-state index in [1.165, 1.54) is 0 Å². The first-order valence-corrected chi connectivity index (χ1v) is 10.2. The first kappa shape index (κ1) is 18.9. The molecule has 0 spiro atoms. The molecule has 3 heterocycles. The molecule has 1 N–H and O–H groups in total. The molecule has 0 bridgehead atoms. The van der Waals surface area contributed by atoms with Gasteiger partial charge in [-0.2, -0.15) is 0 Å². The van der Waals surface area contributed by atoms with E-state index in [4.69, 9.17) is 14.5 Å². The summed E-state index contributed by atoms with van der Waals surface area (Å²) in [5.41, 5.74) is 3.65. The summed E-state index contributed by atoms with van der Waals surface area (Å²) < 4.78 is 5.37. The molecule has 150 valence electrons. The van der Waals surface area contributed by atoms with E-state index in [1.54, 1.807) is 0 Å². The van der Waals surface area contributed by atoms with Crippen molar-refractivity contribution >= 4 is 11.7 Å². The van der Waals surface area contributed by atoms with E-state index in [9.17, 15) is 4.79 Å². The second kappa shape index (κ2) is 7.18. The second-order valence-electron chi connectivity index (χ2n) is 8.45. The number of nitrogens with zero attached hydrogens (tertiary/aromatic N) is 4. The minimum Gasteiger partial charge on any atom is -0.365 e. The highest BCUT2D eigenvalue weighted by Crippen LogP contribution is 2.34. The smallest absolute Gasteiger partial charge is 0.225 e. The lowest BCUT2D eigenvalue weighted by molar-refractivity contribution is -0.131. The predicted molar refractivity (Wildman–Crippen MR) is 107 cm³/mol. The summed E-state index contributed by atoms with van der Waals surface area (Å²) in [7, 11) is 0. The van der Waals surface area contributed by atoms with Gasteiger partial charge in [-0.05, 0) is 40.0 Å². The van der Waals surface area contributed by atoms with Gasteiger partial charge in [0.05, 0.1) is 17.0 Å². The van der Waals surface area contributed by atoms with Crippen LogP contribution in [0.15, 0.2) is 4.52 Å². The number of aromatic nitrogens is 3. The highest BCUT2D eigenvalue weighted by molar-refractivity contribution is 5.81. The maximum absolute atomic E-state index is 12.4. The standard InChI is InChI=1S/C21H29N5O2/c1-11(2)19-23-18(17-13(4)25-28-14(17)5)12(3)20(24-19)22-16-8-9-26(10-16)21(27)15-6-7-15/h11,15-16H,6-10H2,1-5H3,(H,22,23,24). The zero-order valence-electron chi connectivity index (χ0n) is 17.4. The maximum atomic E-state index is 12.4. The van der Waals surface area contributed by atoms with Crippen LogP contribution in [0.5, 0.6) is 0 Å². The average molecular weight is 383 g/mol. The molecule has 1 saturated heterocycles. The summed E-state index contributed by atoms with van der Waals surface area (Å²) in [6, 6.07) is 0.217. The number of hydrogen-bond donors (Lipinski definition) is 1. The van der Waals surface area contributed by atoms with Crippen LogP contribution in [0.2, 0.25) is 0 Å². The van der Waals surface area contributed by atoms with Crippen molar-refractivity contribution < 1.29 is 9.32 Å². The van der Waals surface area contributed by atoms with E-state index in [-0.39, 0.29) is 17.9 Å². The second-order valence-corrected chi connectivity index (χ2v) is 8.45. The number of aryl methyl sites for hydroxylation is 2. The number of carbonyl (C=O) groups is 1. The molecule has 1 amide bonds. The first-order chi connectivity index (χ1) is 13.3. The lowest BCUT2D eigenvalue weighted by atomic mass is 10.0. The van der Waals surface area contributed by atoms with Crippen LogP contribution < -0.4 is 5.32 Å². The third-order valence-electron chi connectivity index (χ3n) is 5.72. The Balaban J connectivity index is 1.62. The molecule has 1 aliphatic carbocycles. The number of hydrogen-bond acceptors (Lipinski definition) is 6. The fourth-order valence-electron chi connectivity index (χ4n) is 3.86. The summed E-state index contributed by atoms with van der Waals surface area (Å²) in [6.45, 7) is 11.6. The van der Waals surface area contributed by atoms with Gasteiger partial charge in [0.1, 0.15) is 17.4 Å². The van der Waals surface area contributed by atoms with E-state index in [0.717, 1.165) is 72.3 Å². The molecule has 0 aromatic carbocycles. The Hall–Kier alpha value is -2.44. The van der Waals surface area contributed by atoms with Crippen molar-refractivity contribution in [3.63, 3.8) is 0 Å². The van der Waals surface area contributed by atoms with Crippen LogP contribution in [0.4, 0.5) is 5.82 Å². The molecule has 28 heavy (non-hydrogen) atoms. The number of likely N-dealkylation sites (tertiary alicyclic amines) is 1. The molecule has 1 aliphatic heterocycles. The molecule has 2 aromatic rings. The monoisotopic (exact) mass is 383 g/mol. The average Bonchev–Trinajstić information content (AvgIpc) is 3.32. The van der Waals surface area contributed by atoms with Crippen molar-refractivity contribution in [2.45, 2.75) is 65.8 Å². The molecule has 4 rings (SSSR count). The van der Waals surface area contributed by atoms with Gasteiger partial charge >= 0.3 is 0 Å². The van der Waals surface area contributed by atoms with Gasteiger partial charge in [0.15, 0.2) is 0 Å². The zero-order valence-corrected chi connectivity index (χ0v) is 17.4. The number of rotatable bonds is 5. The van der Waals surface area contributed by atoms with Crippen molar-refractivity contribution in [1.82, 2.24) is 20.0 Å². The number of carbonyl (C=O) groups excluding carboxylic acids is 1. The van der Waals surface area contributed by atoms with Gasteiger partial charge < -0.3 is 14.7 Å². The molecule has 2 aliphatic rings. The van der Waals surface area contributed by atoms with Crippen LogP contribution in [0.1, 0.15) is 61.9 Å². The molecule has 2 aromatic heterocycles. The molecule has 1 saturated carbocycles. The highest BCUT2D eigenvalue weighted by Gasteiger charge is 2.36. The van der Waals surface area contributed by atoms with Crippen molar-refractivity contribution in [2.24, 2.45) is 5.92 Å². The zero-order chi connectivity index (χ0) is 20.0. The van der Waals surface area contributed by atoms with Gasteiger partial charge in [-0.3, -0.25) is 4.79 Å². The van der Waals surface area contributed by atoms with Gasteiger partial charge in [0.25, 0.3) is 0 Å². The first-order valence-electron chi connectivity index (χ1n) is 10.2. The van der Waals surface area contributed by atoms with E-state index in [2.05, 4.69) is 24.3 Å². The Bertz CT molecular complexity index is 881. The molecule has 7 heteroatoms. The summed E-state index contributed by atoms with van der Waals surface area (Å²) in [5, 5.41) is 7.69. The van der Waals surface area contributed by atoms with Crippen LogP contribution in [0.3, 0.4) is 0 Å². The molecular formula is C21H29N5O2. The topological polar surface area (TPSA) is 84.2 Å². The minimum absolute atomic E-state index is 0.205. The Kier molecular flexibility index (Phi) is 4.85. The fourth-order valence-corrected chi connectivity index (χ4v) is 3.86. The van der Waals surface area contributed by atoms with Gasteiger partial charge in [-0.25, -0.2) is 9.97 Å². The van der Waals surface area contributed by atoms with Crippen LogP contribution in [0.25, 0.3) is 11.3 Å². The molecule has 1 atom stereocenters. The Morgan fingerprint density at radius 1 is 1.18 bits per heavy atom. The summed E-state index contributed by atoms with van der Waals surface area (Å²) >= 11 is 0.